The number of methoxy groups -OCH3 is 1. The van der Waals surface area contributed by atoms with Gasteiger partial charge in [0.25, 0.3) is 5.91 Å². The Bertz CT molecular complexity index is 848. The van der Waals surface area contributed by atoms with Gasteiger partial charge in [0.05, 0.1) is 23.4 Å². The molecule has 1 heterocycles. The van der Waals surface area contributed by atoms with Crippen LogP contribution in [0.25, 0.3) is 11.3 Å². The van der Waals surface area contributed by atoms with Crippen LogP contribution in [0, 0.1) is 0 Å². The third kappa shape index (κ3) is 3.52. The summed E-state index contributed by atoms with van der Waals surface area (Å²) in [4.78, 5) is 16.7. The van der Waals surface area contributed by atoms with Gasteiger partial charge in [-0.15, -0.1) is 11.3 Å². The maximum Gasteiger partial charge on any atom is 0.258 e. The highest BCUT2D eigenvalue weighted by atomic mass is 35.5. The number of carbonyl (C=O) groups is 1. The van der Waals surface area contributed by atoms with Crippen LogP contribution in [0.2, 0.25) is 5.02 Å². The largest absolute Gasteiger partial charge is 0.497 e. The number of hydrogen-bond donors (Lipinski definition) is 1. The monoisotopic (exact) mass is 344 g/mol. The molecule has 0 atom stereocenters. The van der Waals surface area contributed by atoms with E-state index >= 15 is 0 Å². The Hall–Kier alpha value is -2.37. The van der Waals surface area contributed by atoms with Gasteiger partial charge in [0.2, 0.25) is 0 Å². The number of halogens is 1. The molecule has 0 aliphatic heterocycles. The van der Waals surface area contributed by atoms with Gasteiger partial charge in [-0.2, -0.15) is 0 Å². The SMILES string of the molecule is COc1cccc(-c2csc(NC(=O)c3ccccc3Cl)n2)c1. The van der Waals surface area contributed by atoms with Crippen molar-refractivity contribution in [2.75, 3.05) is 12.4 Å². The Labute approximate surface area is 142 Å². The number of thiazole rings is 1. The molecule has 0 fully saturated rings. The highest BCUT2D eigenvalue weighted by molar-refractivity contribution is 7.14. The number of nitrogens with one attached hydrogen (secondary N) is 1. The van der Waals surface area contributed by atoms with Crippen LogP contribution in [-0.4, -0.2) is 18.0 Å². The Morgan fingerprint density at radius 1 is 1.22 bits per heavy atom. The third-order valence-electron chi connectivity index (χ3n) is 3.21. The molecule has 1 N–H and O–H groups in total. The van der Waals surface area contributed by atoms with E-state index in [-0.39, 0.29) is 5.91 Å². The van der Waals surface area contributed by atoms with Gasteiger partial charge in [-0.05, 0) is 24.3 Å². The van der Waals surface area contributed by atoms with Gasteiger partial charge in [0, 0.05) is 10.9 Å². The summed E-state index contributed by atoms with van der Waals surface area (Å²) in [6.45, 7) is 0. The zero-order valence-electron chi connectivity index (χ0n) is 12.2. The van der Waals surface area contributed by atoms with Gasteiger partial charge >= 0.3 is 0 Å². The summed E-state index contributed by atoms with van der Waals surface area (Å²) < 4.78 is 5.21. The summed E-state index contributed by atoms with van der Waals surface area (Å²) in [6.07, 6.45) is 0. The second kappa shape index (κ2) is 6.81. The topological polar surface area (TPSA) is 51.2 Å². The second-order valence-corrected chi connectivity index (χ2v) is 5.97. The fraction of sp³-hybridized carbons (Fsp3) is 0.0588. The van der Waals surface area contributed by atoms with Crippen molar-refractivity contribution < 1.29 is 9.53 Å². The fourth-order valence-corrected chi connectivity index (χ4v) is 2.99. The number of ether oxygens (including phenoxy) is 1. The van der Waals surface area contributed by atoms with E-state index in [2.05, 4.69) is 10.3 Å². The van der Waals surface area contributed by atoms with Crippen LogP contribution in [0.4, 0.5) is 5.13 Å². The number of amides is 1. The van der Waals surface area contributed by atoms with E-state index in [1.165, 1.54) is 11.3 Å². The lowest BCUT2D eigenvalue weighted by molar-refractivity contribution is 0.102. The molecule has 2 aromatic carbocycles. The number of carbonyl (C=O) groups excluding carboxylic acids is 1. The molecule has 116 valence electrons. The molecule has 0 unspecified atom stereocenters. The lowest BCUT2D eigenvalue weighted by atomic mass is 10.2. The molecular weight excluding hydrogens is 332 g/mol. The number of anilines is 1. The second-order valence-electron chi connectivity index (χ2n) is 4.70. The van der Waals surface area contributed by atoms with E-state index in [1.807, 2.05) is 29.6 Å². The number of hydrogen-bond acceptors (Lipinski definition) is 4. The van der Waals surface area contributed by atoms with Crippen molar-refractivity contribution in [2.24, 2.45) is 0 Å². The van der Waals surface area contributed by atoms with Gasteiger partial charge in [-0.3, -0.25) is 10.1 Å². The first kappa shape index (κ1) is 15.5. The van der Waals surface area contributed by atoms with E-state index in [4.69, 9.17) is 16.3 Å². The molecular formula is C17H13ClN2O2S. The molecule has 0 saturated heterocycles. The molecule has 0 bridgehead atoms. The third-order valence-corrected chi connectivity index (χ3v) is 4.30. The van der Waals surface area contributed by atoms with Crippen molar-refractivity contribution in [3.63, 3.8) is 0 Å². The Morgan fingerprint density at radius 2 is 2.04 bits per heavy atom. The van der Waals surface area contributed by atoms with Crippen LogP contribution >= 0.6 is 22.9 Å². The predicted octanol–water partition coefficient (Wildman–Crippen LogP) is 4.72. The number of rotatable bonds is 4. The summed E-state index contributed by atoms with van der Waals surface area (Å²) in [5.74, 6) is 0.485. The summed E-state index contributed by atoms with van der Waals surface area (Å²) in [6, 6.07) is 14.5. The minimum absolute atomic E-state index is 0.276. The maximum absolute atomic E-state index is 12.2. The van der Waals surface area contributed by atoms with Crippen LogP contribution in [0.15, 0.2) is 53.9 Å². The minimum atomic E-state index is -0.276. The van der Waals surface area contributed by atoms with E-state index in [0.29, 0.717) is 15.7 Å². The fourth-order valence-electron chi connectivity index (χ4n) is 2.06. The molecule has 0 aliphatic carbocycles. The normalized spacial score (nSPS) is 10.3. The minimum Gasteiger partial charge on any atom is -0.497 e. The maximum atomic E-state index is 12.2. The molecule has 1 aromatic heterocycles. The van der Waals surface area contributed by atoms with Crippen LogP contribution in [0.5, 0.6) is 5.75 Å². The molecule has 0 spiro atoms. The summed E-state index contributed by atoms with van der Waals surface area (Å²) in [7, 11) is 1.62. The predicted molar refractivity (Wildman–Crippen MR) is 93.5 cm³/mol. The van der Waals surface area contributed by atoms with Gasteiger partial charge in [0.1, 0.15) is 5.75 Å². The number of benzene rings is 2. The number of nitrogens with zero attached hydrogens (tertiary/aromatic N) is 1. The molecule has 0 saturated carbocycles. The van der Waals surface area contributed by atoms with Crippen molar-refractivity contribution in [3.05, 3.63) is 64.5 Å². The van der Waals surface area contributed by atoms with Crippen LogP contribution in [-0.2, 0) is 0 Å². The van der Waals surface area contributed by atoms with Crippen molar-refractivity contribution in [1.29, 1.82) is 0 Å². The lowest BCUT2D eigenvalue weighted by Crippen LogP contribution is -2.12. The molecule has 23 heavy (non-hydrogen) atoms. The number of aromatic nitrogens is 1. The van der Waals surface area contributed by atoms with Gasteiger partial charge in [0.15, 0.2) is 5.13 Å². The quantitative estimate of drug-likeness (QED) is 0.744. The molecule has 3 aromatic rings. The van der Waals surface area contributed by atoms with Crippen molar-refractivity contribution in [1.82, 2.24) is 4.98 Å². The van der Waals surface area contributed by atoms with Crippen molar-refractivity contribution >= 4 is 34.0 Å². The summed E-state index contributed by atoms with van der Waals surface area (Å²) >= 11 is 7.39. The van der Waals surface area contributed by atoms with Crippen LogP contribution < -0.4 is 10.1 Å². The molecule has 3 rings (SSSR count). The van der Waals surface area contributed by atoms with Gasteiger partial charge in [-0.1, -0.05) is 35.9 Å². The zero-order valence-corrected chi connectivity index (χ0v) is 13.8. The van der Waals surface area contributed by atoms with E-state index in [1.54, 1.807) is 31.4 Å². The van der Waals surface area contributed by atoms with E-state index < -0.39 is 0 Å². The molecule has 0 aliphatic rings. The van der Waals surface area contributed by atoms with E-state index in [0.717, 1.165) is 17.0 Å². The van der Waals surface area contributed by atoms with Gasteiger partial charge < -0.3 is 4.74 Å². The highest BCUT2D eigenvalue weighted by Gasteiger charge is 2.12. The van der Waals surface area contributed by atoms with E-state index in [9.17, 15) is 4.79 Å². The van der Waals surface area contributed by atoms with Crippen molar-refractivity contribution in [3.8, 4) is 17.0 Å². The molecule has 6 heteroatoms. The lowest BCUT2D eigenvalue weighted by Gasteiger charge is -2.03. The first-order valence-electron chi connectivity index (χ1n) is 6.83. The first-order chi connectivity index (χ1) is 11.2. The zero-order chi connectivity index (χ0) is 16.2. The summed E-state index contributed by atoms with van der Waals surface area (Å²) in [5.41, 5.74) is 2.13. The molecule has 1 amide bonds. The van der Waals surface area contributed by atoms with Crippen LogP contribution in [0.3, 0.4) is 0 Å². The Morgan fingerprint density at radius 3 is 2.83 bits per heavy atom. The van der Waals surface area contributed by atoms with Crippen LogP contribution in [0.1, 0.15) is 10.4 Å². The smallest absolute Gasteiger partial charge is 0.258 e. The molecule has 0 radical (unpaired) electrons. The van der Waals surface area contributed by atoms with Crippen molar-refractivity contribution in [2.45, 2.75) is 0 Å². The summed E-state index contributed by atoms with van der Waals surface area (Å²) in [5, 5.41) is 5.59. The standard InChI is InChI=1S/C17H13ClN2O2S/c1-22-12-6-4-5-11(9-12)15-10-23-17(19-15)20-16(21)13-7-2-3-8-14(13)18/h2-10H,1H3,(H,19,20,21). The Kier molecular flexibility index (Phi) is 4.60. The van der Waals surface area contributed by atoms with Gasteiger partial charge in [-0.25, -0.2) is 4.98 Å². The first-order valence-corrected chi connectivity index (χ1v) is 8.09. The Balaban J connectivity index is 1.79. The average Bonchev–Trinajstić information content (AvgIpc) is 3.03. The molecule has 4 nitrogen and oxygen atoms in total. The average molecular weight is 345 g/mol. The highest BCUT2D eigenvalue weighted by Crippen LogP contribution is 2.28.